The van der Waals surface area contributed by atoms with Crippen LogP contribution in [0.4, 0.5) is 30.5 Å². The Hall–Kier alpha value is -5.90. The molecule has 0 saturated heterocycles. The van der Waals surface area contributed by atoms with Gasteiger partial charge in [-0.05, 0) is 65.7 Å². The van der Waals surface area contributed by atoms with Crippen molar-refractivity contribution in [2.45, 2.75) is 51.2 Å². The Balaban J connectivity index is 1.43. The zero-order chi connectivity index (χ0) is 40.5. The number of carboxylic acid groups (broad SMARTS) is 1. The molecule has 18 heteroatoms. The summed E-state index contributed by atoms with van der Waals surface area (Å²) < 4.78 is 85.4. The van der Waals surface area contributed by atoms with Gasteiger partial charge in [-0.1, -0.05) is 50.0 Å². The van der Waals surface area contributed by atoms with Gasteiger partial charge in [-0.25, -0.2) is 27.3 Å². The van der Waals surface area contributed by atoms with E-state index < -0.39 is 35.6 Å². The van der Waals surface area contributed by atoms with Gasteiger partial charge < -0.3 is 24.6 Å². The molecule has 3 N–H and O–H groups in total. The van der Waals surface area contributed by atoms with Gasteiger partial charge in [0.05, 0.1) is 24.1 Å². The lowest BCUT2D eigenvalue weighted by Gasteiger charge is -2.16. The highest BCUT2D eigenvalue weighted by Crippen LogP contribution is 2.36. The van der Waals surface area contributed by atoms with Crippen molar-refractivity contribution in [2.75, 3.05) is 23.3 Å². The molecule has 0 aliphatic carbocycles. The Labute approximate surface area is 322 Å². The van der Waals surface area contributed by atoms with E-state index in [1.807, 2.05) is 4.72 Å². The van der Waals surface area contributed by atoms with Crippen LogP contribution in [0.5, 0.6) is 11.5 Å². The third-order valence-electron chi connectivity index (χ3n) is 8.17. The van der Waals surface area contributed by atoms with E-state index in [2.05, 4.69) is 41.1 Å². The van der Waals surface area contributed by atoms with Gasteiger partial charge in [0.1, 0.15) is 53.8 Å². The van der Waals surface area contributed by atoms with Gasteiger partial charge in [0.2, 0.25) is 0 Å². The highest BCUT2D eigenvalue weighted by atomic mass is 32.2. The van der Waals surface area contributed by atoms with Gasteiger partial charge in [-0.15, -0.1) is 0 Å². The van der Waals surface area contributed by atoms with E-state index in [-0.39, 0.29) is 60.4 Å². The molecule has 294 valence electrons. The summed E-state index contributed by atoms with van der Waals surface area (Å²) in [5.41, 5.74) is 1.90. The summed E-state index contributed by atoms with van der Waals surface area (Å²) in [4.78, 5) is 15.6. The Morgan fingerprint density at radius 1 is 0.982 bits per heavy atom. The number of rotatable bonds is 19. The minimum absolute atomic E-state index is 0.0296. The Kier molecular flexibility index (Phi) is 13.4. The normalized spacial score (nSPS) is 11.6. The van der Waals surface area contributed by atoms with E-state index in [0.717, 1.165) is 11.6 Å². The highest BCUT2D eigenvalue weighted by molar-refractivity contribution is 7.93. The number of pyridine rings is 1. The standard InChI is InChI=1S/C38H39F3N6O7SSi/c1-56(2,3)19-18-52-24-47-36(44-34-15-13-30(22-43-34)54-23-26-4-8-27(9-5-26)37(48)49)31(21-42)35(45-47)28-10-14-32(46-55(50,51)38(40)41)33(20-28)53-17-16-25-6-11-29(39)12-7-25/h4-15,20,22,38,46H,16-19,23-24H2,1-3H3,(H,43,44)(H,48,49). The highest BCUT2D eigenvalue weighted by Gasteiger charge is 2.27. The molecule has 5 rings (SSSR count). The molecular weight excluding hydrogens is 770 g/mol. The maximum Gasteiger partial charge on any atom is 0.355 e. The van der Waals surface area contributed by atoms with Crippen LogP contribution >= 0.6 is 0 Å². The molecular formula is C38H39F3N6O7SSi. The first-order valence-corrected chi connectivity index (χ1v) is 22.5. The molecule has 0 amide bonds. The van der Waals surface area contributed by atoms with Crippen molar-refractivity contribution >= 4 is 41.4 Å². The van der Waals surface area contributed by atoms with Crippen LogP contribution in [-0.4, -0.2) is 61.3 Å². The van der Waals surface area contributed by atoms with Gasteiger partial charge in [-0.2, -0.15) is 19.1 Å². The van der Waals surface area contributed by atoms with Crippen LogP contribution in [0, 0.1) is 17.1 Å². The monoisotopic (exact) mass is 808 g/mol. The summed E-state index contributed by atoms with van der Waals surface area (Å²) in [5, 5.41) is 27.4. The largest absolute Gasteiger partial charge is 0.491 e. The minimum Gasteiger partial charge on any atom is -0.491 e. The number of hydrogen-bond donors (Lipinski definition) is 3. The van der Waals surface area contributed by atoms with Gasteiger partial charge in [0, 0.05) is 26.7 Å². The fraction of sp³-hybridized carbons (Fsp3) is 0.263. The van der Waals surface area contributed by atoms with Crippen molar-refractivity contribution in [3.8, 4) is 28.8 Å². The summed E-state index contributed by atoms with van der Waals surface area (Å²) in [6, 6.07) is 22.3. The fourth-order valence-corrected chi connectivity index (χ4v) is 6.41. The molecule has 13 nitrogen and oxygen atoms in total. The van der Waals surface area contributed by atoms with E-state index in [1.165, 1.54) is 53.3 Å². The molecule has 2 aromatic heterocycles. The van der Waals surface area contributed by atoms with E-state index in [4.69, 9.17) is 19.3 Å². The molecule has 3 aromatic carbocycles. The zero-order valence-electron chi connectivity index (χ0n) is 30.6. The smallest absolute Gasteiger partial charge is 0.355 e. The van der Waals surface area contributed by atoms with Gasteiger partial charge in [0.15, 0.2) is 5.82 Å². The quantitative estimate of drug-likeness (QED) is 0.0546. The summed E-state index contributed by atoms with van der Waals surface area (Å²) in [6.07, 6.45) is 1.75. The van der Waals surface area contributed by atoms with Crippen LogP contribution in [0.3, 0.4) is 0 Å². The van der Waals surface area contributed by atoms with Gasteiger partial charge in [-0.3, -0.25) is 4.72 Å². The number of aromatic carboxylic acids is 1. The van der Waals surface area contributed by atoms with E-state index in [9.17, 15) is 31.6 Å². The third-order valence-corrected chi connectivity index (χ3v) is 10.8. The maximum atomic E-state index is 13.4. The average molecular weight is 809 g/mol. The average Bonchev–Trinajstić information content (AvgIpc) is 3.50. The van der Waals surface area contributed by atoms with Crippen LogP contribution in [0.25, 0.3) is 11.3 Å². The lowest BCUT2D eigenvalue weighted by Crippen LogP contribution is -2.22. The van der Waals surface area contributed by atoms with E-state index in [0.29, 0.717) is 29.3 Å². The molecule has 0 spiro atoms. The number of carbonyl (C=O) groups is 1. The molecule has 0 unspecified atom stereocenters. The number of halogens is 3. The number of nitriles is 1. The topological polar surface area (TPSA) is 178 Å². The predicted molar refractivity (Wildman–Crippen MR) is 206 cm³/mol. The molecule has 0 bridgehead atoms. The van der Waals surface area contributed by atoms with Crippen LogP contribution in [0.2, 0.25) is 25.7 Å². The number of carboxylic acids is 1. The predicted octanol–water partition coefficient (Wildman–Crippen LogP) is 7.87. The SMILES string of the molecule is C[Si](C)(C)CCOCn1nc(-c2ccc(NS(=O)(=O)C(F)F)c(OCCc3ccc(F)cc3)c2)c(C#N)c1Nc1ccc(OCc2ccc(C(=O)O)cc2)cn1. The Bertz CT molecular complexity index is 2280. The summed E-state index contributed by atoms with van der Waals surface area (Å²) in [5.74, 6) is -4.28. The summed E-state index contributed by atoms with van der Waals surface area (Å²) in [6.45, 7) is 7.17. The summed E-state index contributed by atoms with van der Waals surface area (Å²) >= 11 is 0. The number of nitrogens with zero attached hydrogens (tertiary/aromatic N) is 4. The van der Waals surface area contributed by atoms with Crippen molar-refractivity contribution in [1.82, 2.24) is 14.8 Å². The van der Waals surface area contributed by atoms with Gasteiger partial charge in [0.25, 0.3) is 10.0 Å². The number of ether oxygens (including phenoxy) is 3. The number of hydrogen-bond acceptors (Lipinski definition) is 10. The molecule has 56 heavy (non-hydrogen) atoms. The maximum absolute atomic E-state index is 13.4. The Morgan fingerprint density at radius 2 is 1.70 bits per heavy atom. The number of anilines is 3. The van der Waals surface area contributed by atoms with E-state index >= 15 is 0 Å². The van der Waals surface area contributed by atoms with Crippen molar-refractivity contribution in [3.05, 3.63) is 113 Å². The number of nitrogens with one attached hydrogen (secondary N) is 2. The lowest BCUT2D eigenvalue weighted by molar-refractivity contribution is 0.0696. The fourth-order valence-electron chi connectivity index (χ4n) is 5.09. The van der Waals surface area contributed by atoms with Crippen molar-refractivity contribution in [3.63, 3.8) is 0 Å². The van der Waals surface area contributed by atoms with Crippen molar-refractivity contribution in [1.29, 1.82) is 5.26 Å². The zero-order valence-corrected chi connectivity index (χ0v) is 32.4. The molecule has 0 saturated carbocycles. The molecule has 5 aromatic rings. The van der Waals surface area contributed by atoms with Crippen LogP contribution in [0.1, 0.15) is 27.0 Å². The van der Waals surface area contributed by atoms with Crippen molar-refractivity contribution in [2.24, 2.45) is 0 Å². The second-order valence-electron chi connectivity index (χ2n) is 13.7. The van der Waals surface area contributed by atoms with E-state index in [1.54, 1.807) is 36.4 Å². The molecule has 0 atom stereocenters. The van der Waals surface area contributed by atoms with Crippen LogP contribution in [0.15, 0.2) is 85.1 Å². The first kappa shape index (κ1) is 41.3. The molecule has 0 fully saturated rings. The molecule has 0 aliphatic rings. The summed E-state index contributed by atoms with van der Waals surface area (Å²) in [7, 11) is -6.51. The first-order valence-electron chi connectivity index (χ1n) is 17.2. The molecule has 2 heterocycles. The van der Waals surface area contributed by atoms with Gasteiger partial charge >= 0.3 is 11.7 Å². The second kappa shape index (κ2) is 18.2. The third kappa shape index (κ3) is 11.3. The number of alkyl halides is 2. The van der Waals surface area contributed by atoms with Crippen LogP contribution < -0.4 is 19.5 Å². The first-order chi connectivity index (χ1) is 26.6. The minimum atomic E-state index is -5.07. The molecule has 0 radical (unpaired) electrons. The number of benzene rings is 3. The second-order valence-corrected chi connectivity index (χ2v) is 20.9. The molecule has 0 aliphatic heterocycles. The lowest BCUT2D eigenvalue weighted by atomic mass is 10.1. The number of aromatic nitrogens is 3. The Morgan fingerprint density at radius 3 is 2.32 bits per heavy atom. The van der Waals surface area contributed by atoms with Crippen molar-refractivity contribution < 1.29 is 45.7 Å². The van der Waals surface area contributed by atoms with Crippen LogP contribution in [-0.2, 0) is 34.5 Å². The number of sulfonamides is 1.